The van der Waals surface area contributed by atoms with Gasteiger partial charge in [-0.15, -0.1) is 11.3 Å². The number of fused-ring (bicyclic) bond motifs is 1. The smallest absolute Gasteiger partial charge is 0.259 e. The molecule has 0 aliphatic heterocycles. The lowest BCUT2D eigenvalue weighted by Crippen LogP contribution is -2.25. The standard InChI is InChI=1S/C16H15N3O2S/c1-10-13(14-12(22-10)5-8-19(2)16(14)21)15(20)18-9-11-3-6-17-7-4-11/h3-8H,9H2,1-2H3,(H,18,20). The van der Waals surface area contributed by atoms with Crippen LogP contribution in [0.5, 0.6) is 0 Å². The van der Waals surface area contributed by atoms with Gasteiger partial charge in [0.15, 0.2) is 0 Å². The summed E-state index contributed by atoms with van der Waals surface area (Å²) in [4.78, 5) is 29.6. The van der Waals surface area contributed by atoms with E-state index in [0.29, 0.717) is 17.5 Å². The van der Waals surface area contributed by atoms with Gasteiger partial charge in [0.2, 0.25) is 0 Å². The highest BCUT2D eigenvalue weighted by molar-refractivity contribution is 7.19. The van der Waals surface area contributed by atoms with Crippen LogP contribution in [0.2, 0.25) is 0 Å². The summed E-state index contributed by atoms with van der Waals surface area (Å²) < 4.78 is 2.34. The Kier molecular flexibility index (Phi) is 3.77. The molecule has 3 rings (SSSR count). The van der Waals surface area contributed by atoms with E-state index in [0.717, 1.165) is 15.1 Å². The van der Waals surface area contributed by atoms with Gasteiger partial charge >= 0.3 is 0 Å². The SMILES string of the molecule is Cc1sc2ccn(C)c(=O)c2c1C(=O)NCc1ccncc1. The highest BCUT2D eigenvalue weighted by Crippen LogP contribution is 2.28. The molecule has 0 atom stereocenters. The van der Waals surface area contributed by atoms with Gasteiger partial charge in [-0.25, -0.2) is 0 Å². The van der Waals surface area contributed by atoms with Gasteiger partial charge in [0.25, 0.3) is 11.5 Å². The van der Waals surface area contributed by atoms with Gasteiger partial charge in [0.1, 0.15) is 0 Å². The van der Waals surface area contributed by atoms with Crippen LogP contribution in [-0.2, 0) is 13.6 Å². The summed E-state index contributed by atoms with van der Waals surface area (Å²) in [6, 6.07) is 5.56. The van der Waals surface area contributed by atoms with Crippen LogP contribution in [0, 0.1) is 6.92 Å². The first kappa shape index (κ1) is 14.5. The predicted octanol–water partition coefficient (Wildman–Crippen LogP) is 2.23. The molecule has 6 heteroatoms. The summed E-state index contributed by atoms with van der Waals surface area (Å²) in [5, 5.41) is 3.37. The lowest BCUT2D eigenvalue weighted by Gasteiger charge is -2.06. The Morgan fingerprint density at radius 1 is 1.32 bits per heavy atom. The van der Waals surface area contributed by atoms with Gasteiger partial charge in [0.05, 0.1) is 10.9 Å². The minimum atomic E-state index is -0.219. The lowest BCUT2D eigenvalue weighted by atomic mass is 10.1. The van der Waals surface area contributed by atoms with Crippen molar-refractivity contribution in [2.75, 3.05) is 0 Å². The molecule has 1 amide bonds. The Hall–Kier alpha value is -2.47. The molecule has 1 N–H and O–H groups in total. The number of aromatic nitrogens is 2. The van der Waals surface area contributed by atoms with Crippen LogP contribution in [0.15, 0.2) is 41.6 Å². The molecule has 0 saturated carbocycles. The van der Waals surface area contributed by atoms with E-state index in [2.05, 4.69) is 10.3 Å². The first-order valence-corrected chi connectivity index (χ1v) is 7.65. The van der Waals surface area contributed by atoms with Crippen molar-refractivity contribution in [3.63, 3.8) is 0 Å². The summed E-state index contributed by atoms with van der Waals surface area (Å²) in [7, 11) is 1.69. The molecule has 0 aliphatic rings. The zero-order valence-corrected chi connectivity index (χ0v) is 13.1. The molecular weight excluding hydrogens is 298 g/mol. The molecule has 5 nitrogen and oxygen atoms in total. The van der Waals surface area contributed by atoms with Crippen molar-refractivity contribution in [3.05, 3.63) is 63.1 Å². The van der Waals surface area contributed by atoms with Crippen LogP contribution in [0.4, 0.5) is 0 Å². The van der Waals surface area contributed by atoms with Gasteiger partial charge < -0.3 is 9.88 Å². The van der Waals surface area contributed by atoms with Gasteiger partial charge in [0, 0.05) is 41.8 Å². The average Bonchev–Trinajstić information content (AvgIpc) is 2.87. The topological polar surface area (TPSA) is 64.0 Å². The molecule has 0 aromatic carbocycles. The van der Waals surface area contributed by atoms with E-state index in [4.69, 9.17) is 0 Å². The maximum Gasteiger partial charge on any atom is 0.259 e. The second kappa shape index (κ2) is 5.73. The molecule has 0 spiro atoms. The monoisotopic (exact) mass is 313 g/mol. The zero-order chi connectivity index (χ0) is 15.7. The van der Waals surface area contributed by atoms with E-state index >= 15 is 0 Å². The number of amides is 1. The van der Waals surface area contributed by atoms with Crippen LogP contribution in [0.25, 0.3) is 10.1 Å². The number of hydrogen-bond acceptors (Lipinski definition) is 4. The fraction of sp³-hybridized carbons (Fsp3) is 0.188. The van der Waals surface area contributed by atoms with E-state index in [9.17, 15) is 9.59 Å². The largest absolute Gasteiger partial charge is 0.348 e. The van der Waals surface area contributed by atoms with E-state index < -0.39 is 0 Å². The highest BCUT2D eigenvalue weighted by atomic mass is 32.1. The number of thiophene rings is 1. The summed E-state index contributed by atoms with van der Waals surface area (Å²) in [6.07, 6.45) is 5.09. The number of rotatable bonds is 3. The summed E-state index contributed by atoms with van der Waals surface area (Å²) >= 11 is 1.47. The number of nitrogens with one attached hydrogen (secondary N) is 1. The van der Waals surface area contributed by atoms with E-state index in [1.165, 1.54) is 15.9 Å². The minimum Gasteiger partial charge on any atom is -0.348 e. The Labute approximate surface area is 131 Å². The van der Waals surface area contributed by atoms with Gasteiger partial charge in [-0.1, -0.05) is 0 Å². The van der Waals surface area contributed by atoms with E-state index in [1.807, 2.05) is 25.1 Å². The molecular formula is C16H15N3O2S. The van der Waals surface area contributed by atoms with Crippen molar-refractivity contribution in [1.29, 1.82) is 0 Å². The summed E-state index contributed by atoms with van der Waals surface area (Å²) in [5.74, 6) is -0.219. The van der Waals surface area contributed by atoms with Crippen molar-refractivity contribution in [2.24, 2.45) is 7.05 Å². The Bertz CT molecular complexity index is 897. The van der Waals surface area contributed by atoms with Crippen LogP contribution >= 0.6 is 11.3 Å². The van der Waals surface area contributed by atoms with Crippen molar-refractivity contribution in [3.8, 4) is 0 Å². The molecule has 0 unspecified atom stereocenters. The zero-order valence-electron chi connectivity index (χ0n) is 12.3. The number of carbonyl (C=O) groups is 1. The second-order valence-corrected chi connectivity index (χ2v) is 6.30. The van der Waals surface area contributed by atoms with Crippen molar-refractivity contribution >= 4 is 27.3 Å². The fourth-order valence-corrected chi connectivity index (χ4v) is 3.41. The molecule has 0 saturated heterocycles. The lowest BCUT2D eigenvalue weighted by molar-refractivity contribution is 0.0952. The molecule has 3 aromatic rings. The Morgan fingerprint density at radius 2 is 2.05 bits per heavy atom. The number of hydrogen-bond donors (Lipinski definition) is 1. The highest BCUT2D eigenvalue weighted by Gasteiger charge is 2.19. The number of carbonyl (C=O) groups excluding carboxylic acids is 1. The van der Waals surface area contributed by atoms with Crippen LogP contribution in [0.1, 0.15) is 20.8 Å². The molecule has 3 aromatic heterocycles. The summed E-state index contributed by atoms with van der Waals surface area (Å²) in [6.45, 7) is 2.27. The third kappa shape index (κ3) is 2.53. The van der Waals surface area contributed by atoms with Gasteiger partial charge in [-0.2, -0.15) is 0 Å². The average molecular weight is 313 g/mol. The molecule has 0 aliphatic carbocycles. The third-order valence-corrected chi connectivity index (χ3v) is 4.60. The predicted molar refractivity (Wildman–Crippen MR) is 87.2 cm³/mol. The quantitative estimate of drug-likeness (QED) is 0.806. The Morgan fingerprint density at radius 3 is 2.77 bits per heavy atom. The number of pyridine rings is 2. The molecule has 22 heavy (non-hydrogen) atoms. The first-order valence-electron chi connectivity index (χ1n) is 6.84. The van der Waals surface area contributed by atoms with Crippen LogP contribution in [0.3, 0.4) is 0 Å². The molecule has 0 radical (unpaired) electrons. The fourth-order valence-electron chi connectivity index (χ4n) is 2.36. The molecule has 0 fully saturated rings. The Balaban J connectivity index is 1.96. The van der Waals surface area contributed by atoms with Crippen molar-refractivity contribution in [1.82, 2.24) is 14.9 Å². The van der Waals surface area contributed by atoms with Crippen LogP contribution < -0.4 is 10.9 Å². The normalized spacial score (nSPS) is 10.8. The summed E-state index contributed by atoms with van der Waals surface area (Å²) in [5.41, 5.74) is 1.31. The number of aryl methyl sites for hydroxylation is 2. The molecule has 112 valence electrons. The first-order chi connectivity index (χ1) is 10.6. The van der Waals surface area contributed by atoms with E-state index in [-0.39, 0.29) is 11.5 Å². The van der Waals surface area contributed by atoms with Gasteiger partial charge in [-0.3, -0.25) is 14.6 Å². The third-order valence-electron chi connectivity index (χ3n) is 3.52. The maximum absolute atomic E-state index is 12.5. The minimum absolute atomic E-state index is 0.143. The van der Waals surface area contributed by atoms with E-state index in [1.54, 1.807) is 25.6 Å². The van der Waals surface area contributed by atoms with Crippen LogP contribution in [-0.4, -0.2) is 15.5 Å². The second-order valence-electron chi connectivity index (χ2n) is 5.04. The van der Waals surface area contributed by atoms with Gasteiger partial charge in [-0.05, 0) is 30.7 Å². The molecule has 0 bridgehead atoms. The van der Waals surface area contributed by atoms with Crippen molar-refractivity contribution < 1.29 is 4.79 Å². The number of nitrogens with zero attached hydrogens (tertiary/aromatic N) is 2. The van der Waals surface area contributed by atoms with Crippen molar-refractivity contribution in [2.45, 2.75) is 13.5 Å². The maximum atomic E-state index is 12.5. The molecule has 3 heterocycles.